The van der Waals surface area contributed by atoms with Gasteiger partial charge in [-0.05, 0) is 25.5 Å². The van der Waals surface area contributed by atoms with Crippen LogP contribution in [0.25, 0.3) is 16.9 Å². The standard InChI is InChI=1S/C19H21N3O/c1-13-5-8-15(9-6-13)19-16(11-18(23)21(3)4)22-12-14(2)7-10-17(22)20-19/h5-10,12H,11H2,1-4H3/i3D3,7D,10D,11D,12D. The fourth-order valence-corrected chi connectivity index (χ4v) is 2.25. The van der Waals surface area contributed by atoms with E-state index in [1.165, 1.54) is 11.3 Å². The Morgan fingerprint density at radius 3 is 2.74 bits per heavy atom. The minimum atomic E-state index is -2.73. The third-order valence-electron chi connectivity index (χ3n) is 3.47. The van der Waals surface area contributed by atoms with E-state index in [0.29, 0.717) is 10.5 Å². The highest BCUT2D eigenvalue weighted by atomic mass is 16.2. The molecule has 0 saturated heterocycles. The molecule has 23 heavy (non-hydrogen) atoms. The van der Waals surface area contributed by atoms with Gasteiger partial charge in [0.1, 0.15) is 5.65 Å². The molecule has 0 aliphatic carbocycles. The molecular weight excluding hydrogens is 286 g/mol. The molecule has 0 spiro atoms. The van der Waals surface area contributed by atoms with E-state index in [2.05, 4.69) is 4.98 Å². The zero-order valence-electron chi connectivity index (χ0n) is 20.1. The van der Waals surface area contributed by atoms with Gasteiger partial charge in [-0.3, -0.25) is 4.79 Å². The smallest absolute Gasteiger partial charge is 0.228 e. The zero-order chi connectivity index (χ0) is 22.5. The van der Waals surface area contributed by atoms with Crippen LogP contribution in [0.15, 0.2) is 42.5 Å². The number of aromatic nitrogens is 2. The first-order valence-electron chi connectivity index (χ1n) is 10.7. The van der Waals surface area contributed by atoms with Crippen molar-refractivity contribution in [3.63, 3.8) is 0 Å². The minimum absolute atomic E-state index is 0.00319. The van der Waals surface area contributed by atoms with Crippen molar-refractivity contribution in [2.45, 2.75) is 20.2 Å². The molecule has 0 aliphatic heterocycles. The zero-order valence-corrected chi connectivity index (χ0v) is 13.1. The fourth-order valence-electron chi connectivity index (χ4n) is 2.25. The summed E-state index contributed by atoms with van der Waals surface area (Å²) in [4.78, 5) is 17.7. The molecule has 2 heterocycles. The van der Waals surface area contributed by atoms with Crippen LogP contribution in [0, 0.1) is 13.8 Å². The number of rotatable bonds is 3. The highest BCUT2D eigenvalue weighted by Crippen LogP contribution is 2.26. The highest BCUT2D eigenvalue weighted by Gasteiger charge is 2.18. The van der Waals surface area contributed by atoms with Gasteiger partial charge in [0.05, 0.1) is 21.9 Å². The number of imidazole rings is 1. The van der Waals surface area contributed by atoms with Crippen molar-refractivity contribution >= 4 is 11.6 Å². The molecule has 0 bridgehead atoms. The summed E-state index contributed by atoms with van der Waals surface area (Å²) in [6.45, 7) is 0.679. The first kappa shape index (κ1) is 8.87. The quantitative estimate of drug-likeness (QED) is 0.744. The number of likely N-dealkylation sites (N-methyl/N-ethyl adjacent to an activating group) is 1. The van der Waals surface area contributed by atoms with E-state index < -0.39 is 19.3 Å². The van der Waals surface area contributed by atoms with Crippen LogP contribution in [0.1, 0.15) is 26.4 Å². The number of carbonyl (C=O) groups excluding carboxylic acids is 1. The average molecular weight is 314 g/mol. The van der Waals surface area contributed by atoms with Crippen molar-refractivity contribution in [2.75, 3.05) is 14.0 Å². The monoisotopic (exact) mass is 314 g/mol. The van der Waals surface area contributed by atoms with Gasteiger partial charge in [0.2, 0.25) is 5.91 Å². The largest absolute Gasteiger partial charge is 0.348 e. The van der Waals surface area contributed by atoms with Gasteiger partial charge in [0, 0.05) is 31.2 Å². The van der Waals surface area contributed by atoms with Gasteiger partial charge in [-0.15, -0.1) is 0 Å². The summed E-state index contributed by atoms with van der Waals surface area (Å²) in [5.41, 5.74) is 1.92. The van der Waals surface area contributed by atoms with Crippen LogP contribution in [0.3, 0.4) is 0 Å². The maximum absolute atomic E-state index is 12.8. The minimum Gasteiger partial charge on any atom is -0.348 e. The molecule has 3 rings (SSSR count). The van der Waals surface area contributed by atoms with Gasteiger partial charge in [0.25, 0.3) is 0 Å². The third kappa shape index (κ3) is 2.97. The average Bonchev–Trinajstić information content (AvgIpc) is 3.09. The number of pyridine rings is 1. The molecule has 4 heteroatoms. The molecule has 0 radical (unpaired) electrons. The van der Waals surface area contributed by atoms with Gasteiger partial charge in [-0.1, -0.05) is 35.9 Å². The number of benzene rings is 1. The van der Waals surface area contributed by atoms with Crippen molar-refractivity contribution < 1.29 is 14.4 Å². The molecule has 1 aromatic carbocycles. The Hall–Kier alpha value is -2.62. The van der Waals surface area contributed by atoms with Gasteiger partial charge >= 0.3 is 0 Å². The molecule has 0 fully saturated rings. The molecule has 2 aromatic heterocycles. The second kappa shape index (κ2) is 5.88. The Kier molecular flexibility index (Phi) is 2.27. The molecule has 1 unspecified atom stereocenters. The molecule has 0 N–H and O–H groups in total. The Labute approximate surface area is 146 Å². The molecule has 3 aromatic rings. The third-order valence-corrected chi connectivity index (χ3v) is 3.47. The lowest BCUT2D eigenvalue weighted by molar-refractivity contribution is -0.128. The first-order valence-corrected chi connectivity index (χ1v) is 7.12. The second-order valence-corrected chi connectivity index (χ2v) is 5.40. The van der Waals surface area contributed by atoms with Crippen molar-refractivity contribution in [1.29, 1.82) is 0 Å². The van der Waals surface area contributed by atoms with Gasteiger partial charge in [-0.25, -0.2) is 4.98 Å². The molecule has 1 atom stereocenters. The van der Waals surface area contributed by atoms with E-state index in [-0.39, 0.29) is 40.9 Å². The van der Waals surface area contributed by atoms with Gasteiger partial charge in [-0.2, -0.15) is 0 Å². The van der Waals surface area contributed by atoms with E-state index in [4.69, 9.17) is 9.60 Å². The van der Waals surface area contributed by atoms with E-state index >= 15 is 0 Å². The Bertz CT molecular complexity index is 1140. The SMILES string of the molecule is [2H]c1c(C)c([2H])n2c(C([2H])C(=O)N(C)C([2H])([2H])[2H])c(-c3ccc(C)cc3)nc2c1[2H]. The van der Waals surface area contributed by atoms with E-state index in [1.807, 2.05) is 19.1 Å². The number of fused-ring (bicyclic) bond motifs is 1. The number of hydrogen-bond acceptors (Lipinski definition) is 2. The Balaban J connectivity index is 2.36. The second-order valence-electron chi connectivity index (χ2n) is 5.40. The lowest BCUT2D eigenvalue weighted by Crippen LogP contribution is -2.24. The first-order chi connectivity index (χ1) is 13.9. The van der Waals surface area contributed by atoms with E-state index in [0.717, 1.165) is 12.6 Å². The summed E-state index contributed by atoms with van der Waals surface area (Å²) in [5.74, 6) is -0.983. The Morgan fingerprint density at radius 2 is 2.04 bits per heavy atom. The summed E-state index contributed by atoms with van der Waals surface area (Å²) in [6.07, 6.45) is -1.87. The fraction of sp³-hybridized carbons (Fsp3) is 0.263. The van der Waals surface area contributed by atoms with Crippen LogP contribution in [0.5, 0.6) is 0 Å². The molecular formula is C19H21N3O. The number of nitrogens with zero attached hydrogens (tertiary/aromatic N) is 3. The topological polar surface area (TPSA) is 37.6 Å². The predicted octanol–water partition coefficient (Wildman–Crippen LogP) is 3.25. The van der Waals surface area contributed by atoms with Crippen molar-refractivity contribution in [2.24, 2.45) is 0 Å². The Morgan fingerprint density at radius 1 is 1.30 bits per heavy atom. The summed E-state index contributed by atoms with van der Waals surface area (Å²) in [6, 6.07) is 6.74. The number of carbonyl (C=O) groups is 1. The number of amides is 1. The molecule has 1 amide bonds. The van der Waals surface area contributed by atoms with Crippen molar-refractivity contribution in [3.8, 4) is 11.3 Å². The summed E-state index contributed by atoms with van der Waals surface area (Å²) >= 11 is 0. The predicted molar refractivity (Wildman–Crippen MR) is 92.5 cm³/mol. The van der Waals surface area contributed by atoms with Crippen molar-refractivity contribution in [3.05, 3.63) is 59.3 Å². The van der Waals surface area contributed by atoms with E-state index in [1.54, 1.807) is 12.1 Å². The number of hydrogen-bond donors (Lipinski definition) is 0. The van der Waals surface area contributed by atoms with Crippen LogP contribution in [-0.2, 0) is 11.2 Å². The summed E-state index contributed by atoms with van der Waals surface area (Å²) < 4.78 is 56.9. The molecule has 118 valence electrons. The van der Waals surface area contributed by atoms with Crippen LogP contribution in [0.2, 0.25) is 0 Å². The van der Waals surface area contributed by atoms with Gasteiger partial charge < -0.3 is 9.30 Å². The maximum atomic E-state index is 12.8. The van der Waals surface area contributed by atoms with E-state index in [9.17, 15) is 4.79 Å². The van der Waals surface area contributed by atoms with Crippen LogP contribution in [0.4, 0.5) is 0 Å². The van der Waals surface area contributed by atoms with Crippen LogP contribution < -0.4 is 0 Å². The molecule has 0 aliphatic rings. The van der Waals surface area contributed by atoms with Crippen LogP contribution >= 0.6 is 0 Å². The van der Waals surface area contributed by atoms with Crippen LogP contribution in [-0.4, -0.2) is 34.2 Å². The molecule has 4 nitrogen and oxygen atoms in total. The lowest BCUT2D eigenvalue weighted by Gasteiger charge is -2.11. The summed E-state index contributed by atoms with van der Waals surface area (Å²) in [7, 11) is 1.09. The number of aryl methyl sites for hydroxylation is 1. The van der Waals surface area contributed by atoms with Crippen molar-refractivity contribution in [1.82, 2.24) is 14.3 Å². The highest BCUT2D eigenvalue weighted by molar-refractivity contribution is 5.81. The van der Waals surface area contributed by atoms with Gasteiger partial charge in [0.15, 0.2) is 0 Å². The lowest BCUT2D eigenvalue weighted by atomic mass is 10.1. The maximum Gasteiger partial charge on any atom is 0.228 e. The molecule has 0 saturated carbocycles. The summed E-state index contributed by atoms with van der Waals surface area (Å²) in [5, 5.41) is 0. The normalized spacial score (nSPS) is 17.3.